The largest absolute Gasteiger partial charge is 0.244 e. The highest BCUT2D eigenvalue weighted by Crippen LogP contribution is 2.29. The Hall–Kier alpha value is -0.880. The van der Waals surface area contributed by atoms with Crippen LogP contribution < -0.4 is 0 Å². The van der Waals surface area contributed by atoms with Crippen LogP contribution in [-0.2, 0) is 22.4 Å². The smallest absolute Gasteiger partial charge is 0.207 e. The lowest BCUT2D eigenvalue weighted by atomic mass is 10.2. The van der Waals surface area contributed by atoms with Crippen molar-refractivity contribution < 1.29 is 8.42 Å². The predicted octanol–water partition coefficient (Wildman–Crippen LogP) is 4.01. The second-order valence-corrected chi connectivity index (χ2v) is 8.20. The summed E-state index contributed by atoms with van der Waals surface area (Å²) in [5, 5.41) is 0. The maximum absolute atomic E-state index is 12.8. The lowest BCUT2D eigenvalue weighted by molar-refractivity contribution is 0.423. The van der Waals surface area contributed by atoms with E-state index in [0.29, 0.717) is 23.9 Å². The molecule has 0 aliphatic carbocycles. The Kier molecular flexibility index (Phi) is 5.43. The van der Waals surface area contributed by atoms with Gasteiger partial charge < -0.3 is 0 Å². The number of rotatable bonds is 6. The fraction of sp³-hybridized carbons (Fsp3) is 0.333. The molecule has 0 saturated heterocycles. The predicted molar refractivity (Wildman–Crippen MR) is 88.3 cm³/mol. The number of aryl methyl sites for hydroxylation is 1. The SMILES string of the molecule is CCN(Cc1ccccc1)S(=O)(=O)c1cc(CCl)sc1C. The molecule has 0 unspecified atom stereocenters. The molecule has 0 saturated carbocycles. The molecule has 0 radical (unpaired) electrons. The van der Waals surface area contributed by atoms with E-state index in [1.165, 1.54) is 15.6 Å². The fourth-order valence-electron chi connectivity index (χ4n) is 2.14. The molecule has 3 nitrogen and oxygen atoms in total. The molecule has 114 valence electrons. The Morgan fingerprint density at radius 3 is 2.43 bits per heavy atom. The maximum Gasteiger partial charge on any atom is 0.244 e. The van der Waals surface area contributed by atoms with Crippen molar-refractivity contribution in [2.75, 3.05) is 6.54 Å². The first-order chi connectivity index (χ1) is 9.98. The molecule has 2 aromatic rings. The van der Waals surface area contributed by atoms with Crippen LogP contribution in [0.25, 0.3) is 0 Å². The lowest BCUT2D eigenvalue weighted by Crippen LogP contribution is -2.30. The summed E-state index contributed by atoms with van der Waals surface area (Å²) in [5.41, 5.74) is 0.980. The first-order valence-corrected chi connectivity index (χ1v) is 9.47. The summed E-state index contributed by atoms with van der Waals surface area (Å²) in [7, 11) is -3.48. The molecule has 0 amide bonds. The van der Waals surface area contributed by atoms with Gasteiger partial charge in [-0.1, -0.05) is 37.3 Å². The van der Waals surface area contributed by atoms with Gasteiger partial charge in [0, 0.05) is 22.8 Å². The number of sulfonamides is 1. The van der Waals surface area contributed by atoms with Gasteiger partial charge in [0.2, 0.25) is 10.0 Å². The zero-order chi connectivity index (χ0) is 15.5. The molecule has 6 heteroatoms. The highest BCUT2D eigenvalue weighted by Gasteiger charge is 2.26. The number of hydrogen-bond donors (Lipinski definition) is 0. The second kappa shape index (κ2) is 6.92. The van der Waals surface area contributed by atoms with Crippen LogP contribution in [0.3, 0.4) is 0 Å². The third-order valence-electron chi connectivity index (χ3n) is 3.23. The molecule has 0 bridgehead atoms. The van der Waals surface area contributed by atoms with Crippen LogP contribution in [0.4, 0.5) is 0 Å². The third kappa shape index (κ3) is 3.66. The molecule has 2 rings (SSSR count). The van der Waals surface area contributed by atoms with Gasteiger partial charge >= 0.3 is 0 Å². The van der Waals surface area contributed by atoms with Crippen molar-refractivity contribution in [2.24, 2.45) is 0 Å². The van der Waals surface area contributed by atoms with E-state index in [0.717, 1.165) is 15.3 Å². The van der Waals surface area contributed by atoms with Crippen molar-refractivity contribution in [1.82, 2.24) is 4.31 Å². The molecule has 0 aliphatic heterocycles. The van der Waals surface area contributed by atoms with Crippen LogP contribution >= 0.6 is 22.9 Å². The van der Waals surface area contributed by atoms with E-state index < -0.39 is 10.0 Å². The van der Waals surface area contributed by atoms with Gasteiger partial charge in [-0.25, -0.2) is 8.42 Å². The van der Waals surface area contributed by atoms with Crippen molar-refractivity contribution in [1.29, 1.82) is 0 Å². The quantitative estimate of drug-likeness (QED) is 0.743. The van der Waals surface area contributed by atoms with Gasteiger partial charge in [0.1, 0.15) is 0 Å². The van der Waals surface area contributed by atoms with Gasteiger partial charge in [-0.05, 0) is 18.6 Å². The molecular formula is C15H18ClNO2S2. The second-order valence-electron chi connectivity index (χ2n) is 4.68. The van der Waals surface area contributed by atoms with Crippen LogP contribution in [0.15, 0.2) is 41.3 Å². The fourth-order valence-corrected chi connectivity index (χ4v) is 5.27. The van der Waals surface area contributed by atoms with E-state index in [1.807, 2.05) is 44.2 Å². The summed E-state index contributed by atoms with van der Waals surface area (Å²) in [6.07, 6.45) is 0. The zero-order valence-corrected chi connectivity index (χ0v) is 14.4. The molecule has 0 spiro atoms. The molecule has 21 heavy (non-hydrogen) atoms. The summed E-state index contributed by atoms with van der Waals surface area (Å²) in [6, 6.07) is 11.3. The topological polar surface area (TPSA) is 37.4 Å². The van der Waals surface area contributed by atoms with Crippen LogP contribution in [0.1, 0.15) is 22.2 Å². The highest BCUT2D eigenvalue weighted by atomic mass is 35.5. The Balaban J connectivity index is 2.33. The summed E-state index contributed by atoms with van der Waals surface area (Å²) in [6.45, 7) is 4.49. The molecule has 0 aliphatic rings. The number of thiophene rings is 1. The zero-order valence-electron chi connectivity index (χ0n) is 12.0. The van der Waals surface area contributed by atoms with Crippen molar-refractivity contribution in [2.45, 2.75) is 31.2 Å². The Morgan fingerprint density at radius 2 is 1.90 bits per heavy atom. The van der Waals surface area contributed by atoms with E-state index in [9.17, 15) is 8.42 Å². The molecular weight excluding hydrogens is 326 g/mol. The van der Waals surface area contributed by atoms with E-state index in [2.05, 4.69) is 0 Å². The van der Waals surface area contributed by atoms with Crippen molar-refractivity contribution in [3.8, 4) is 0 Å². The minimum absolute atomic E-state index is 0.339. The van der Waals surface area contributed by atoms with Crippen LogP contribution in [0.5, 0.6) is 0 Å². The van der Waals surface area contributed by atoms with E-state index in [1.54, 1.807) is 6.07 Å². The Morgan fingerprint density at radius 1 is 1.24 bits per heavy atom. The average molecular weight is 344 g/mol. The van der Waals surface area contributed by atoms with Crippen LogP contribution in [0, 0.1) is 6.92 Å². The first kappa shape index (κ1) is 16.5. The van der Waals surface area contributed by atoms with Gasteiger partial charge in [0.15, 0.2) is 0 Å². The highest BCUT2D eigenvalue weighted by molar-refractivity contribution is 7.89. The van der Waals surface area contributed by atoms with E-state index >= 15 is 0 Å². The third-order valence-corrected chi connectivity index (χ3v) is 6.90. The van der Waals surface area contributed by atoms with Crippen LogP contribution in [0.2, 0.25) is 0 Å². The number of nitrogens with zero attached hydrogens (tertiary/aromatic N) is 1. The first-order valence-electron chi connectivity index (χ1n) is 6.68. The average Bonchev–Trinajstić information content (AvgIpc) is 2.87. The van der Waals surface area contributed by atoms with Gasteiger partial charge in [-0.3, -0.25) is 0 Å². The summed E-state index contributed by atoms with van der Waals surface area (Å²) in [4.78, 5) is 2.04. The standard InChI is InChI=1S/C15H18ClNO2S2/c1-3-17(11-13-7-5-4-6-8-13)21(18,19)15-9-14(10-16)20-12(15)2/h4-9H,3,10-11H2,1-2H3. The van der Waals surface area contributed by atoms with Crippen molar-refractivity contribution >= 4 is 33.0 Å². The molecule has 1 aromatic heterocycles. The minimum Gasteiger partial charge on any atom is -0.207 e. The molecule has 0 fully saturated rings. The van der Waals surface area contributed by atoms with Gasteiger partial charge in [0.25, 0.3) is 0 Å². The normalized spacial score (nSPS) is 12.0. The van der Waals surface area contributed by atoms with Gasteiger partial charge in [-0.2, -0.15) is 4.31 Å². The Bertz CT molecular complexity index is 696. The van der Waals surface area contributed by atoms with Crippen LogP contribution in [-0.4, -0.2) is 19.3 Å². The maximum atomic E-state index is 12.8. The van der Waals surface area contributed by atoms with E-state index in [4.69, 9.17) is 11.6 Å². The summed E-state index contributed by atoms with van der Waals surface area (Å²) >= 11 is 7.25. The molecule has 0 atom stereocenters. The van der Waals surface area contributed by atoms with Gasteiger partial charge in [-0.15, -0.1) is 22.9 Å². The summed E-state index contributed by atoms with van der Waals surface area (Å²) < 4.78 is 27.1. The molecule has 1 heterocycles. The lowest BCUT2D eigenvalue weighted by Gasteiger charge is -2.20. The molecule has 1 aromatic carbocycles. The number of hydrogen-bond acceptors (Lipinski definition) is 3. The number of alkyl halides is 1. The monoisotopic (exact) mass is 343 g/mol. The minimum atomic E-state index is -3.48. The summed E-state index contributed by atoms with van der Waals surface area (Å²) in [5.74, 6) is 0.339. The number of halogens is 1. The molecule has 0 N–H and O–H groups in total. The van der Waals surface area contributed by atoms with E-state index in [-0.39, 0.29) is 0 Å². The van der Waals surface area contributed by atoms with Crippen molar-refractivity contribution in [3.05, 3.63) is 51.7 Å². The Labute approximate surface area is 135 Å². The van der Waals surface area contributed by atoms with Gasteiger partial charge in [0.05, 0.1) is 10.8 Å². The van der Waals surface area contributed by atoms with Crippen molar-refractivity contribution in [3.63, 3.8) is 0 Å². The number of benzene rings is 1.